The molecule has 19 heavy (non-hydrogen) atoms. The molecule has 4 rings (SSSR count). The molecule has 0 aliphatic carbocycles. The summed E-state index contributed by atoms with van der Waals surface area (Å²) < 4.78 is 6.01. The number of rotatable bonds is 1. The summed E-state index contributed by atoms with van der Waals surface area (Å²) in [4.78, 5) is 11.1. The van der Waals surface area contributed by atoms with Gasteiger partial charge < -0.3 is 9.84 Å². The predicted octanol–water partition coefficient (Wildman–Crippen LogP) is 3.22. The molecule has 3 heteroatoms. The fourth-order valence-corrected chi connectivity index (χ4v) is 3.10. The Morgan fingerprint density at radius 1 is 1.00 bits per heavy atom. The third kappa shape index (κ3) is 1.33. The third-order valence-electron chi connectivity index (χ3n) is 3.98. The van der Waals surface area contributed by atoms with Gasteiger partial charge in [0.2, 0.25) is 0 Å². The molecule has 2 bridgehead atoms. The number of hydrogen-bond acceptors (Lipinski definition) is 2. The summed E-state index contributed by atoms with van der Waals surface area (Å²) in [6.45, 7) is 2.06. The van der Waals surface area contributed by atoms with Crippen molar-refractivity contribution < 1.29 is 14.6 Å². The second-order valence-electron chi connectivity index (χ2n) is 5.18. The quantitative estimate of drug-likeness (QED) is 0.847. The van der Waals surface area contributed by atoms with E-state index in [2.05, 4.69) is 25.1 Å². The number of fused-ring (bicyclic) bond motifs is 8. The van der Waals surface area contributed by atoms with Crippen molar-refractivity contribution in [3.05, 3.63) is 69.8 Å². The van der Waals surface area contributed by atoms with E-state index < -0.39 is 5.97 Å². The van der Waals surface area contributed by atoms with Crippen LogP contribution in [0, 0.1) is 6.92 Å². The molecule has 1 N–H and O–H groups in total. The number of ether oxygens (including phenoxy) is 1. The van der Waals surface area contributed by atoms with Gasteiger partial charge in [0.15, 0.2) is 0 Å². The Labute approximate surface area is 110 Å². The first-order valence-electron chi connectivity index (χ1n) is 6.28. The van der Waals surface area contributed by atoms with E-state index >= 15 is 0 Å². The Kier molecular flexibility index (Phi) is 1.96. The SMILES string of the molecule is Cc1ccc2c(c1)C1OC2c2ccc(C(=O)O)cc21. The van der Waals surface area contributed by atoms with Gasteiger partial charge in [-0.3, -0.25) is 0 Å². The summed E-state index contributed by atoms with van der Waals surface area (Å²) in [6.07, 6.45) is -0.132. The average Bonchev–Trinajstić information content (AvgIpc) is 2.94. The Hall–Kier alpha value is -2.13. The molecule has 0 aromatic heterocycles. The van der Waals surface area contributed by atoms with Crippen LogP contribution in [0.3, 0.4) is 0 Å². The van der Waals surface area contributed by atoms with Crippen molar-refractivity contribution in [1.82, 2.24) is 0 Å². The zero-order chi connectivity index (χ0) is 13.1. The molecule has 2 aliphatic heterocycles. The Morgan fingerprint density at radius 3 is 2.37 bits per heavy atom. The minimum atomic E-state index is -0.893. The molecule has 2 heterocycles. The highest BCUT2D eigenvalue weighted by atomic mass is 16.5. The third-order valence-corrected chi connectivity index (χ3v) is 3.98. The largest absolute Gasteiger partial charge is 0.478 e. The zero-order valence-electron chi connectivity index (χ0n) is 10.4. The van der Waals surface area contributed by atoms with E-state index in [4.69, 9.17) is 9.84 Å². The lowest BCUT2D eigenvalue weighted by molar-refractivity contribution is 0.0696. The lowest BCUT2D eigenvalue weighted by Gasteiger charge is -2.16. The number of carboxylic acids is 1. The summed E-state index contributed by atoms with van der Waals surface area (Å²) in [5.74, 6) is -0.893. The summed E-state index contributed by atoms with van der Waals surface area (Å²) in [6, 6.07) is 11.6. The molecule has 0 spiro atoms. The molecule has 2 aromatic carbocycles. The lowest BCUT2D eigenvalue weighted by atomic mass is 9.84. The lowest BCUT2D eigenvalue weighted by Crippen LogP contribution is -2.06. The second kappa shape index (κ2) is 3.45. The maximum Gasteiger partial charge on any atom is 0.335 e. The highest BCUT2D eigenvalue weighted by molar-refractivity contribution is 5.88. The van der Waals surface area contributed by atoms with E-state index in [1.807, 2.05) is 6.07 Å². The first-order valence-corrected chi connectivity index (χ1v) is 6.28. The highest BCUT2D eigenvalue weighted by Crippen LogP contribution is 2.54. The summed E-state index contributed by atoms with van der Waals surface area (Å²) >= 11 is 0. The number of aromatic carboxylic acids is 1. The van der Waals surface area contributed by atoms with E-state index in [1.165, 1.54) is 16.7 Å². The molecule has 2 aliphatic rings. The summed E-state index contributed by atoms with van der Waals surface area (Å²) in [5.41, 5.74) is 6.02. The highest BCUT2D eigenvalue weighted by Gasteiger charge is 2.42. The van der Waals surface area contributed by atoms with Crippen molar-refractivity contribution in [3.63, 3.8) is 0 Å². The van der Waals surface area contributed by atoms with Crippen molar-refractivity contribution in [2.75, 3.05) is 0 Å². The van der Waals surface area contributed by atoms with Crippen molar-refractivity contribution in [2.45, 2.75) is 19.1 Å². The Bertz CT molecular complexity index is 718. The maximum atomic E-state index is 11.1. The smallest absolute Gasteiger partial charge is 0.335 e. The fraction of sp³-hybridized carbons (Fsp3) is 0.188. The van der Waals surface area contributed by atoms with Gasteiger partial charge in [-0.05, 0) is 41.3 Å². The molecular weight excluding hydrogens is 240 g/mol. The van der Waals surface area contributed by atoms with Gasteiger partial charge in [0.1, 0.15) is 12.2 Å². The minimum Gasteiger partial charge on any atom is -0.478 e. The maximum absolute atomic E-state index is 11.1. The van der Waals surface area contributed by atoms with E-state index in [1.54, 1.807) is 12.1 Å². The van der Waals surface area contributed by atoms with Crippen LogP contribution in [0.2, 0.25) is 0 Å². The van der Waals surface area contributed by atoms with E-state index in [9.17, 15) is 4.79 Å². The van der Waals surface area contributed by atoms with Crippen LogP contribution in [-0.4, -0.2) is 11.1 Å². The molecule has 0 radical (unpaired) electrons. The van der Waals surface area contributed by atoms with Gasteiger partial charge in [-0.1, -0.05) is 29.8 Å². The monoisotopic (exact) mass is 252 g/mol. The van der Waals surface area contributed by atoms with Crippen LogP contribution in [0.1, 0.15) is 50.4 Å². The number of carbonyl (C=O) groups is 1. The number of aryl methyl sites for hydroxylation is 1. The van der Waals surface area contributed by atoms with Crippen molar-refractivity contribution in [3.8, 4) is 0 Å². The van der Waals surface area contributed by atoms with Gasteiger partial charge >= 0.3 is 5.97 Å². The fourth-order valence-electron chi connectivity index (χ4n) is 3.10. The molecule has 2 unspecified atom stereocenters. The standard InChI is InChI=1S/C16H12O3/c1-8-2-4-10-12(6-8)15-13-7-9(16(17)18)3-5-11(13)14(10)19-15/h2-7,14-15H,1H3,(H,17,18). The van der Waals surface area contributed by atoms with Gasteiger partial charge in [-0.25, -0.2) is 4.79 Å². The van der Waals surface area contributed by atoms with E-state index in [0.29, 0.717) is 5.56 Å². The minimum absolute atomic E-state index is 0.0292. The second-order valence-corrected chi connectivity index (χ2v) is 5.18. The number of carboxylic acid groups (broad SMARTS) is 1. The summed E-state index contributed by atoms with van der Waals surface area (Å²) in [7, 11) is 0. The van der Waals surface area contributed by atoms with Gasteiger partial charge in [0.25, 0.3) is 0 Å². The molecule has 0 fully saturated rings. The summed E-state index contributed by atoms with van der Waals surface area (Å²) in [5, 5.41) is 9.08. The topological polar surface area (TPSA) is 46.5 Å². The van der Waals surface area contributed by atoms with Crippen molar-refractivity contribution in [2.24, 2.45) is 0 Å². The molecule has 0 amide bonds. The first-order chi connectivity index (χ1) is 9.15. The molecule has 3 nitrogen and oxygen atoms in total. The molecule has 2 aromatic rings. The normalized spacial score (nSPS) is 22.2. The zero-order valence-corrected chi connectivity index (χ0v) is 10.4. The van der Waals surface area contributed by atoms with Crippen LogP contribution in [0.4, 0.5) is 0 Å². The van der Waals surface area contributed by atoms with Gasteiger partial charge in [-0.15, -0.1) is 0 Å². The van der Waals surface area contributed by atoms with Gasteiger partial charge in [-0.2, -0.15) is 0 Å². The van der Waals surface area contributed by atoms with Crippen molar-refractivity contribution >= 4 is 5.97 Å². The van der Waals surface area contributed by atoms with Gasteiger partial charge in [0, 0.05) is 0 Å². The average molecular weight is 252 g/mol. The predicted molar refractivity (Wildman–Crippen MR) is 69.4 cm³/mol. The number of benzene rings is 2. The van der Waals surface area contributed by atoms with Crippen LogP contribution >= 0.6 is 0 Å². The van der Waals surface area contributed by atoms with Crippen LogP contribution in [0.15, 0.2) is 36.4 Å². The molecule has 2 atom stereocenters. The van der Waals surface area contributed by atoms with Gasteiger partial charge in [0.05, 0.1) is 5.56 Å². The molecule has 94 valence electrons. The van der Waals surface area contributed by atoms with Crippen LogP contribution in [0.5, 0.6) is 0 Å². The molecule has 0 saturated heterocycles. The molecule has 0 saturated carbocycles. The van der Waals surface area contributed by atoms with Crippen LogP contribution < -0.4 is 0 Å². The van der Waals surface area contributed by atoms with E-state index in [-0.39, 0.29) is 12.2 Å². The Morgan fingerprint density at radius 2 is 1.63 bits per heavy atom. The van der Waals surface area contributed by atoms with Crippen molar-refractivity contribution in [1.29, 1.82) is 0 Å². The first kappa shape index (κ1) is 10.8. The van der Waals surface area contributed by atoms with E-state index in [0.717, 1.165) is 11.1 Å². The molecular formula is C16H12O3. The Balaban J connectivity index is 1.91. The van der Waals surface area contributed by atoms with Crippen LogP contribution in [-0.2, 0) is 4.74 Å². The number of hydrogen-bond donors (Lipinski definition) is 1. The van der Waals surface area contributed by atoms with Crippen LogP contribution in [0.25, 0.3) is 0 Å².